The Morgan fingerprint density at radius 1 is 0.181 bits per heavy atom. The van der Waals surface area contributed by atoms with E-state index in [1.54, 1.807) is 68.1 Å². The number of benzene rings is 10. The highest BCUT2D eigenvalue weighted by Gasteiger charge is 2.25. The van der Waals surface area contributed by atoms with Crippen LogP contribution in [0, 0.1) is 0 Å². The van der Waals surface area contributed by atoms with Crippen molar-refractivity contribution < 1.29 is 19.2 Å². The van der Waals surface area contributed by atoms with Gasteiger partial charge in [-0.1, -0.05) is 152 Å². The number of hydrogen-bond donors (Lipinski definition) is 0. The van der Waals surface area contributed by atoms with E-state index >= 15 is 0 Å². The summed E-state index contributed by atoms with van der Waals surface area (Å²) in [6.07, 6.45) is 0. The first kappa shape index (κ1) is 47.2. The number of anilines is 8. The molecule has 72 heavy (non-hydrogen) atoms. The van der Waals surface area contributed by atoms with Gasteiger partial charge in [-0.25, -0.2) is 0 Å². The van der Waals surface area contributed by atoms with Gasteiger partial charge in [-0.3, -0.25) is 38.8 Å². The molecule has 4 amide bonds. The average molecular weight is 937 g/mol. The lowest BCUT2D eigenvalue weighted by molar-refractivity contribution is 0.0987. The molecule has 8 heteroatoms. The summed E-state index contributed by atoms with van der Waals surface area (Å²) in [4.78, 5) is 61.6. The van der Waals surface area contributed by atoms with E-state index in [-0.39, 0.29) is 23.6 Å². The molecule has 0 saturated heterocycles. The molecule has 0 aliphatic heterocycles. The van der Waals surface area contributed by atoms with Gasteiger partial charge in [0.05, 0.1) is 0 Å². The molecule has 0 saturated carbocycles. The molecule has 0 atom stereocenters. The summed E-state index contributed by atoms with van der Waals surface area (Å²) in [5.74, 6) is -0.773. The lowest BCUT2D eigenvalue weighted by Crippen LogP contribution is -2.28. The van der Waals surface area contributed by atoms with Crippen molar-refractivity contribution in [3.05, 3.63) is 313 Å². The number of nitrogens with zero attached hydrogens (tertiary/aromatic N) is 4. The number of carbonyl (C=O) groups excluding carboxylic acids is 4. The van der Waals surface area contributed by atoms with Crippen LogP contribution in [0.25, 0.3) is 0 Å². The molecule has 0 aromatic heterocycles. The second kappa shape index (κ2) is 22.9. The lowest BCUT2D eigenvalue weighted by Gasteiger charge is -2.25. The normalized spacial score (nSPS) is 10.4. The Labute approximate surface area is 419 Å². The van der Waals surface area contributed by atoms with Crippen LogP contribution in [-0.4, -0.2) is 23.6 Å². The topological polar surface area (TPSA) is 81.2 Å². The standard InChI is InChI=1S/2C32H24N2O2/c35-31(33(27-16-5-1-6-17-27)28-18-7-2-8-19-28)25-14-13-15-26(24-25)32(36)34(29-20-9-3-10-21-29)30-22-11-4-12-23-30;35-31(33(27-13-5-1-6-14-27)28-15-7-2-8-16-28)25-21-23-26(24-22-25)32(36)34(29-17-9-3-10-18-29)30-19-11-4-12-20-30/h2*1-24H. The molecule has 0 aliphatic rings. The third kappa shape index (κ3) is 11.0. The molecule has 10 aromatic rings. The first-order valence-electron chi connectivity index (χ1n) is 23.4. The highest BCUT2D eigenvalue weighted by atomic mass is 16.2. The van der Waals surface area contributed by atoms with E-state index in [0.29, 0.717) is 22.3 Å². The molecule has 0 N–H and O–H groups in total. The molecule has 0 unspecified atom stereocenters. The molecule has 0 heterocycles. The molecular formula is C64H48N4O4. The smallest absolute Gasteiger partial charge is 0.262 e. The second-order valence-corrected chi connectivity index (χ2v) is 16.4. The fourth-order valence-electron chi connectivity index (χ4n) is 8.21. The highest BCUT2D eigenvalue weighted by Crippen LogP contribution is 2.32. The Hall–Kier alpha value is -9.92. The SMILES string of the molecule is O=C(c1ccc(C(=O)N(c2ccccc2)c2ccccc2)cc1)N(c1ccccc1)c1ccccc1.O=C(c1cccc(C(=O)N(c2ccccc2)c2ccccc2)c1)N(c1ccccc1)c1ccccc1. The van der Waals surface area contributed by atoms with Crippen molar-refractivity contribution in [2.45, 2.75) is 0 Å². The van der Waals surface area contributed by atoms with Crippen molar-refractivity contribution in [2.75, 3.05) is 19.6 Å². The maximum atomic E-state index is 13.8. The van der Waals surface area contributed by atoms with Crippen molar-refractivity contribution in [1.29, 1.82) is 0 Å². The third-order valence-corrected chi connectivity index (χ3v) is 11.7. The van der Waals surface area contributed by atoms with Gasteiger partial charge >= 0.3 is 0 Å². The number of carbonyl (C=O) groups is 4. The van der Waals surface area contributed by atoms with Gasteiger partial charge in [-0.05, 0) is 140 Å². The Morgan fingerprint density at radius 3 is 0.528 bits per heavy atom. The number of amides is 4. The molecule has 0 bridgehead atoms. The quantitative estimate of drug-likeness (QED) is 0.122. The Kier molecular flexibility index (Phi) is 15.0. The fraction of sp³-hybridized carbons (Fsp3) is 0. The van der Waals surface area contributed by atoms with Crippen molar-refractivity contribution in [3.63, 3.8) is 0 Å². The Bertz CT molecular complexity index is 2970. The van der Waals surface area contributed by atoms with Gasteiger partial charge < -0.3 is 0 Å². The zero-order valence-electron chi connectivity index (χ0n) is 39.1. The summed E-state index contributed by atoms with van der Waals surface area (Å²) in [7, 11) is 0. The van der Waals surface area contributed by atoms with Crippen LogP contribution in [0.5, 0.6) is 0 Å². The third-order valence-electron chi connectivity index (χ3n) is 11.7. The molecule has 0 aliphatic carbocycles. The van der Waals surface area contributed by atoms with Crippen LogP contribution in [0.15, 0.2) is 291 Å². The minimum Gasteiger partial charge on any atom is -0.277 e. The summed E-state index contributed by atoms with van der Waals surface area (Å²) in [5, 5.41) is 0. The van der Waals surface area contributed by atoms with Crippen LogP contribution in [0.3, 0.4) is 0 Å². The maximum Gasteiger partial charge on any atom is 0.262 e. The van der Waals surface area contributed by atoms with Crippen LogP contribution in [0.2, 0.25) is 0 Å². The van der Waals surface area contributed by atoms with Gasteiger partial charge in [-0.15, -0.1) is 0 Å². The minimum atomic E-state index is -0.215. The molecule has 348 valence electrons. The van der Waals surface area contributed by atoms with E-state index in [1.807, 2.05) is 243 Å². The number of hydrogen-bond acceptors (Lipinski definition) is 4. The molecule has 8 nitrogen and oxygen atoms in total. The molecule has 0 fully saturated rings. The summed E-state index contributed by atoms with van der Waals surface area (Å²) in [6, 6.07) is 89.9. The van der Waals surface area contributed by atoms with Gasteiger partial charge in [0.1, 0.15) is 0 Å². The largest absolute Gasteiger partial charge is 0.277 e. The van der Waals surface area contributed by atoms with Crippen LogP contribution >= 0.6 is 0 Å². The minimum absolute atomic E-state index is 0.172. The zero-order valence-corrected chi connectivity index (χ0v) is 39.1. The Morgan fingerprint density at radius 2 is 0.347 bits per heavy atom. The van der Waals surface area contributed by atoms with Gasteiger partial charge in [0.2, 0.25) is 0 Å². The molecule has 10 rings (SSSR count). The Balaban J connectivity index is 0.000000178. The van der Waals surface area contributed by atoms with Crippen LogP contribution < -0.4 is 19.6 Å². The first-order chi connectivity index (χ1) is 35.4. The van der Waals surface area contributed by atoms with Crippen molar-refractivity contribution in [3.8, 4) is 0 Å². The monoisotopic (exact) mass is 936 g/mol. The predicted octanol–water partition coefficient (Wildman–Crippen LogP) is 15.3. The van der Waals surface area contributed by atoms with E-state index in [2.05, 4.69) is 0 Å². The van der Waals surface area contributed by atoms with E-state index in [9.17, 15) is 19.2 Å². The number of para-hydroxylation sites is 8. The first-order valence-corrected chi connectivity index (χ1v) is 23.4. The fourth-order valence-corrected chi connectivity index (χ4v) is 8.21. The summed E-state index contributed by atoms with van der Waals surface area (Å²) >= 11 is 0. The predicted molar refractivity (Wildman–Crippen MR) is 290 cm³/mol. The second-order valence-electron chi connectivity index (χ2n) is 16.4. The lowest BCUT2D eigenvalue weighted by atomic mass is 10.1. The summed E-state index contributed by atoms with van der Waals surface area (Å²) in [6.45, 7) is 0. The van der Waals surface area contributed by atoms with E-state index in [4.69, 9.17) is 0 Å². The highest BCUT2D eigenvalue weighted by molar-refractivity contribution is 6.15. The van der Waals surface area contributed by atoms with Crippen LogP contribution in [-0.2, 0) is 0 Å². The van der Waals surface area contributed by atoms with Crippen LogP contribution in [0.4, 0.5) is 45.5 Å². The average Bonchev–Trinajstić information content (AvgIpc) is 3.46. The van der Waals surface area contributed by atoms with E-state index < -0.39 is 0 Å². The van der Waals surface area contributed by atoms with Gasteiger partial charge in [0, 0.05) is 67.8 Å². The molecule has 0 spiro atoms. The van der Waals surface area contributed by atoms with E-state index in [1.165, 1.54) is 0 Å². The van der Waals surface area contributed by atoms with Crippen molar-refractivity contribution in [1.82, 2.24) is 0 Å². The van der Waals surface area contributed by atoms with Crippen molar-refractivity contribution in [2.24, 2.45) is 0 Å². The maximum absolute atomic E-state index is 13.8. The zero-order chi connectivity index (χ0) is 49.5. The number of rotatable bonds is 12. The van der Waals surface area contributed by atoms with Gasteiger partial charge in [0.15, 0.2) is 0 Å². The molecule has 0 radical (unpaired) electrons. The summed E-state index contributed by atoms with van der Waals surface area (Å²) < 4.78 is 0. The van der Waals surface area contributed by atoms with Gasteiger partial charge in [-0.2, -0.15) is 0 Å². The molecule has 10 aromatic carbocycles. The molecular weight excluding hydrogens is 889 g/mol. The van der Waals surface area contributed by atoms with Crippen LogP contribution in [0.1, 0.15) is 41.4 Å². The van der Waals surface area contributed by atoms with E-state index in [0.717, 1.165) is 45.5 Å². The summed E-state index contributed by atoms with van der Waals surface area (Å²) in [5.41, 5.74) is 7.92. The van der Waals surface area contributed by atoms with Gasteiger partial charge in [0.25, 0.3) is 23.6 Å². The van der Waals surface area contributed by atoms with Crippen molar-refractivity contribution >= 4 is 69.1 Å².